The van der Waals surface area contributed by atoms with E-state index in [4.69, 9.17) is 5.73 Å². The summed E-state index contributed by atoms with van der Waals surface area (Å²) in [5.74, 6) is 3.14. The maximum atomic E-state index is 5.61. The molecule has 0 amide bonds. The van der Waals surface area contributed by atoms with Gasteiger partial charge in [-0.3, -0.25) is 0 Å². The lowest BCUT2D eigenvalue weighted by atomic mass is 9.67. The van der Waals surface area contributed by atoms with E-state index in [2.05, 4.69) is 0 Å². The van der Waals surface area contributed by atoms with Crippen molar-refractivity contribution in [2.45, 2.75) is 44.9 Å². The summed E-state index contributed by atoms with van der Waals surface area (Å²) in [4.78, 5) is 0. The Morgan fingerprint density at radius 3 is 2.25 bits per heavy atom. The van der Waals surface area contributed by atoms with Crippen molar-refractivity contribution in [3.63, 3.8) is 0 Å². The van der Waals surface area contributed by atoms with Crippen molar-refractivity contribution in [3.05, 3.63) is 0 Å². The van der Waals surface area contributed by atoms with Crippen LogP contribution in [0.3, 0.4) is 0 Å². The topological polar surface area (TPSA) is 26.0 Å². The van der Waals surface area contributed by atoms with Gasteiger partial charge in [0.05, 0.1) is 0 Å². The van der Waals surface area contributed by atoms with Crippen molar-refractivity contribution in [2.24, 2.45) is 23.5 Å². The van der Waals surface area contributed by atoms with Gasteiger partial charge in [0.15, 0.2) is 0 Å². The maximum absolute atomic E-state index is 5.61. The summed E-state index contributed by atoms with van der Waals surface area (Å²) in [7, 11) is 0. The smallest absolute Gasteiger partial charge is 0.00746 e. The molecule has 2 rings (SSSR count). The van der Waals surface area contributed by atoms with E-state index in [1.165, 1.54) is 38.5 Å². The van der Waals surface area contributed by atoms with Gasteiger partial charge in [-0.15, -0.1) is 0 Å². The molecule has 0 aromatic rings. The van der Waals surface area contributed by atoms with Crippen LogP contribution in [0.25, 0.3) is 0 Å². The number of rotatable bonds is 2. The molecule has 1 unspecified atom stereocenters. The molecule has 2 saturated carbocycles. The maximum Gasteiger partial charge on any atom is -0.00746 e. The molecule has 1 nitrogen and oxygen atoms in total. The van der Waals surface area contributed by atoms with Gasteiger partial charge in [0, 0.05) is 0 Å². The van der Waals surface area contributed by atoms with Gasteiger partial charge in [-0.1, -0.05) is 19.3 Å². The standard InChI is InChI=1S/C11H21N/c12-5-4-11-7-9-2-1-3-10(6-9)8-11/h9-11H,1-8,12H2/t9-,10+,11?. The van der Waals surface area contributed by atoms with Crippen molar-refractivity contribution >= 4 is 0 Å². The molecule has 0 heterocycles. The van der Waals surface area contributed by atoms with Crippen LogP contribution >= 0.6 is 0 Å². The van der Waals surface area contributed by atoms with Crippen molar-refractivity contribution in [2.75, 3.05) is 6.54 Å². The van der Waals surface area contributed by atoms with Crippen LogP contribution in [-0.4, -0.2) is 6.54 Å². The van der Waals surface area contributed by atoms with Crippen LogP contribution in [0, 0.1) is 17.8 Å². The van der Waals surface area contributed by atoms with E-state index in [9.17, 15) is 0 Å². The van der Waals surface area contributed by atoms with E-state index in [0.717, 1.165) is 24.3 Å². The zero-order chi connectivity index (χ0) is 8.39. The molecule has 0 spiro atoms. The molecule has 2 aliphatic rings. The van der Waals surface area contributed by atoms with Gasteiger partial charge in [0.2, 0.25) is 0 Å². The number of hydrogen-bond donors (Lipinski definition) is 1. The van der Waals surface area contributed by atoms with Gasteiger partial charge in [-0.25, -0.2) is 0 Å². The Morgan fingerprint density at radius 2 is 1.67 bits per heavy atom. The quantitative estimate of drug-likeness (QED) is 0.672. The Hall–Kier alpha value is -0.0400. The van der Waals surface area contributed by atoms with Crippen LogP contribution in [-0.2, 0) is 0 Å². The molecule has 2 N–H and O–H groups in total. The molecule has 0 aromatic carbocycles. The van der Waals surface area contributed by atoms with Gasteiger partial charge in [-0.05, 0) is 50.0 Å². The number of fused-ring (bicyclic) bond motifs is 2. The van der Waals surface area contributed by atoms with Crippen molar-refractivity contribution in [1.29, 1.82) is 0 Å². The van der Waals surface area contributed by atoms with Gasteiger partial charge in [0.25, 0.3) is 0 Å². The van der Waals surface area contributed by atoms with E-state index >= 15 is 0 Å². The second-order valence-corrected chi connectivity index (χ2v) is 4.81. The lowest BCUT2D eigenvalue weighted by Crippen LogP contribution is -2.27. The monoisotopic (exact) mass is 167 g/mol. The lowest BCUT2D eigenvalue weighted by Gasteiger charge is -2.39. The van der Waals surface area contributed by atoms with Crippen molar-refractivity contribution in [3.8, 4) is 0 Å². The molecule has 1 heteroatoms. The average Bonchev–Trinajstić information content (AvgIpc) is 2.04. The summed E-state index contributed by atoms with van der Waals surface area (Å²) in [6.07, 6.45) is 10.3. The number of hydrogen-bond acceptors (Lipinski definition) is 1. The van der Waals surface area contributed by atoms with Crippen LogP contribution in [0.2, 0.25) is 0 Å². The first kappa shape index (κ1) is 8.55. The second-order valence-electron chi connectivity index (χ2n) is 4.81. The molecule has 0 aromatic heterocycles. The third-order valence-corrected chi connectivity index (χ3v) is 3.80. The highest BCUT2D eigenvalue weighted by Gasteiger charge is 2.30. The summed E-state index contributed by atoms with van der Waals surface area (Å²) >= 11 is 0. The first-order valence-electron chi connectivity index (χ1n) is 5.58. The molecular formula is C11H21N. The van der Waals surface area contributed by atoms with Crippen molar-refractivity contribution in [1.82, 2.24) is 0 Å². The molecular weight excluding hydrogens is 146 g/mol. The third kappa shape index (κ3) is 1.82. The molecule has 12 heavy (non-hydrogen) atoms. The molecule has 0 radical (unpaired) electrons. The van der Waals surface area contributed by atoms with Gasteiger partial charge >= 0.3 is 0 Å². The first-order chi connectivity index (χ1) is 5.88. The zero-order valence-corrected chi connectivity index (χ0v) is 7.97. The van der Waals surface area contributed by atoms with E-state index < -0.39 is 0 Å². The Kier molecular flexibility index (Phi) is 2.69. The minimum Gasteiger partial charge on any atom is -0.330 e. The zero-order valence-electron chi connectivity index (χ0n) is 7.97. The summed E-state index contributed by atoms with van der Waals surface area (Å²) < 4.78 is 0. The molecule has 2 fully saturated rings. The highest BCUT2D eigenvalue weighted by Crippen LogP contribution is 2.43. The van der Waals surface area contributed by atoms with E-state index in [0.29, 0.717) is 0 Å². The lowest BCUT2D eigenvalue weighted by molar-refractivity contribution is 0.133. The minimum atomic E-state index is 0.907. The molecule has 70 valence electrons. The fraction of sp³-hybridized carbons (Fsp3) is 1.00. The van der Waals surface area contributed by atoms with Gasteiger partial charge < -0.3 is 5.73 Å². The van der Waals surface area contributed by atoms with Gasteiger partial charge in [0.1, 0.15) is 0 Å². The summed E-state index contributed by atoms with van der Waals surface area (Å²) in [6, 6.07) is 0. The van der Waals surface area contributed by atoms with Crippen molar-refractivity contribution < 1.29 is 0 Å². The second kappa shape index (κ2) is 3.78. The molecule has 2 aliphatic carbocycles. The van der Waals surface area contributed by atoms with Crippen LogP contribution in [0.15, 0.2) is 0 Å². The molecule has 3 atom stereocenters. The van der Waals surface area contributed by atoms with E-state index in [1.807, 2.05) is 0 Å². The van der Waals surface area contributed by atoms with Crippen LogP contribution in [0.4, 0.5) is 0 Å². The minimum absolute atomic E-state index is 0.907. The third-order valence-electron chi connectivity index (χ3n) is 3.80. The predicted molar refractivity (Wildman–Crippen MR) is 51.8 cm³/mol. The fourth-order valence-corrected chi connectivity index (χ4v) is 3.34. The Bertz CT molecular complexity index is 132. The summed E-state index contributed by atoms with van der Waals surface area (Å²) in [5.41, 5.74) is 5.61. The Morgan fingerprint density at radius 1 is 1.00 bits per heavy atom. The average molecular weight is 167 g/mol. The predicted octanol–water partition coefficient (Wildman–Crippen LogP) is 2.55. The van der Waals surface area contributed by atoms with E-state index in [-0.39, 0.29) is 0 Å². The largest absolute Gasteiger partial charge is 0.330 e. The number of nitrogens with two attached hydrogens (primary N) is 1. The highest BCUT2D eigenvalue weighted by atomic mass is 14.5. The summed E-state index contributed by atoms with van der Waals surface area (Å²) in [5, 5.41) is 0. The first-order valence-corrected chi connectivity index (χ1v) is 5.58. The Labute approximate surface area is 75.7 Å². The van der Waals surface area contributed by atoms with Crippen LogP contribution < -0.4 is 5.73 Å². The van der Waals surface area contributed by atoms with Crippen LogP contribution in [0.1, 0.15) is 44.9 Å². The fourth-order valence-electron chi connectivity index (χ4n) is 3.34. The molecule has 0 aliphatic heterocycles. The van der Waals surface area contributed by atoms with Crippen LogP contribution in [0.5, 0.6) is 0 Å². The van der Waals surface area contributed by atoms with E-state index in [1.54, 1.807) is 6.42 Å². The molecule has 0 saturated heterocycles. The Balaban J connectivity index is 1.87. The normalized spacial score (nSPS) is 41.2. The highest BCUT2D eigenvalue weighted by molar-refractivity contribution is 4.82. The molecule has 2 bridgehead atoms. The summed E-state index contributed by atoms with van der Waals surface area (Å²) in [6.45, 7) is 0.907. The SMILES string of the molecule is NCCC1C[C@H]2CCC[C@@H](C1)C2. The van der Waals surface area contributed by atoms with Gasteiger partial charge in [-0.2, -0.15) is 0 Å².